The first-order valence-corrected chi connectivity index (χ1v) is 11.7. The van der Waals surface area contributed by atoms with Crippen LogP contribution in [-0.2, 0) is 16.6 Å². The van der Waals surface area contributed by atoms with Gasteiger partial charge in [-0.3, -0.25) is 4.79 Å². The van der Waals surface area contributed by atoms with Crippen LogP contribution in [0, 0.1) is 0 Å². The maximum atomic E-state index is 13.1. The third-order valence-corrected chi connectivity index (χ3v) is 7.54. The number of ether oxygens (including phenoxy) is 2. The summed E-state index contributed by atoms with van der Waals surface area (Å²) in [5.41, 5.74) is 1.12. The van der Waals surface area contributed by atoms with E-state index < -0.39 is 10.0 Å². The summed E-state index contributed by atoms with van der Waals surface area (Å²) < 4.78 is 38.9. The van der Waals surface area contributed by atoms with Crippen molar-refractivity contribution in [2.45, 2.75) is 43.7 Å². The molecule has 4 rings (SSSR count). The minimum absolute atomic E-state index is 0.0345. The number of nitrogens with one attached hydrogen (secondary N) is 1. The van der Waals surface area contributed by atoms with E-state index in [0.29, 0.717) is 36.8 Å². The number of para-hydroxylation sites is 1. The molecule has 1 amide bonds. The van der Waals surface area contributed by atoms with E-state index in [9.17, 15) is 13.2 Å². The number of amides is 1. The van der Waals surface area contributed by atoms with E-state index in [2.05, 4.69) is 5.32 Å². The summed E-state index contributed by atoms with van der Waals surface area (Å²) in [6.07, 6.45) is 2.75. The van der Waals surface area contributed by atoms with E-state index in [1.165, 1.54) is 6.07 Å². The van der Waals surface area contributed by atoms with Crippen LogP contribution in [0.5, 0.6) is 11.5 Å². The first-order valence-electron chi connectivity index (χ1n) is 10.2. The van der Waals surface area contributed by atoms with E-state index in [0.717, 1.165) is 24.8 Å². The Balaban J connectivity index is 1.49. The van der Waals surface area contributed by atoms with Gasteiger partial charge in [0.15, 0.2) is 11.5 Å². The normalized spacial score (nSPS) is 19.3. The average Bonchev–Trinajstić information content (AvgIpc) is 2.77. The Labute approximate surface area is 177 Å². The monoisotopic (exact) mass is 430 g/mol. The Kier molecular flexibility index (Phi) is 5.97. The highest BCUT2D eigenvalue weighted by Crippen LogP contribution is 2.33. The minimum Gasteiger partial charge on any atom is -0.486 e. The Morgan fingerprint density at radius 3 is 2.77 bits per heavy atom. The fourth-order valence-corrected chi connectivity index (χ4v) is 5.66. The predicted molar refractivity (Wildman–Crippen MR) is 112 cm³/mol. The summed E-state index contributed by atoms with van der Waals surface area (Å²) in [4.78, 5) is 12.9. The lowest BCUT2D eigenvalue weighted by molar-refractivity contribution is 0.0949. The summed E-state index contributed by atoms with van der Waals surface area (Å²) >= 11 is 0. The number of hydrogen-bond donors (Lipinski definition) is 1. The molecule has 160 valence electrons. The first kappa shape index (κ1) is 20.7. The van der Waals surface area contributed by atoms with Crippen molar-refractivity contribution in [3.05, 3.63) is 53.6 Å². The molecule has 0 radical (unpaired) electrons. The topological polar surface area (TPSA) is 84.9 Å². The molecule has 8 heteroatoms. The van der Waals surface area contributed by atoms with E-state index in [4.69, 9.17) is 9.47 Å². The zero-order chi connectivity index (χ0) is 21.1. The fourth-order valence-electron chi connectivity index (χ4n) is 3.91. The number of carbonyl (C=O) groups excluding carboxylic acids is 1. The molecule has 2 aliphatic rings. The van der Waals surface area contributed by atoms with Gasteiger partial charge in [-0.15, -0.1) is 0 Å². The van der Waals surface area contributed by atoms with Gasteiger partial charge in [-0.25, -0.2) is 8.42 Å². The molecular weight excluding hydrogens is 404 g/mol. The van der Waals surface area contributed by atoms with Crippen LogP contribution in [0.15, 0.2) is 47.4 Å². The summed E-state index contributed by atoms with van der Waals surface area (Å²) in [5.74, 6) is 0.962. The standard InChI is InChI=1S/C22H26N2O5S/c1-16-6-2-3-11-24(16)30(26,27)19-9-4-7-17(14-19)22(25)23-15-18-8-5-10-20-21(18)29-13-12-28-20/h4-5,7-10,14,16H,2-3,6,11-13,15H2,1H3,(H,23,25). The predicted octanol–water partition coefficient (Wildman–Crippen LogP) is 2.95. The molecule has 1 atom stereocenters. The summed E-state index contributed by atoms with van der Waals surface area (Å²) in [6, 6.07) is 11.7. The molecule has 0 bridgehead atoms. The Morgan fingerprint density at radius 2 is 1.93 bits per heavy atom. The van der Waals surface area contributed by atoms with Crippen molar-refractivity contribution >= 4 is 15.9 Å². The van der Waals surface area contributed by atoms with Crippen LogP contribution in [0.2, 0.25) is 0 Å². The quantitative estimate of drug-likeness (QED) is 0.788. The van der Waals surface area contributed by atoms with Crippen LogP contribution in [0.3, 0.4) is 0 Å². The maximum absolute atomic E-state index is 13.1. The van der Waals surface area contributed by atoms with Gasteiger partial charge in [0.05, 0.1) is 4.90 Å². The van der Waals surface area contributed by atoms with E-state index in [-0.39, 0.29) is 23.4 Å². The Hall–Kier alpha value is -2.58. The summed E-state index contributed by atoms with van der Waals surface area (Å²) in [5, 5.41) is 2.85. The molecule has 2 aromatic carbocycles. The molecule has 1 N–H and O–H groups in total. The number of sulfonamides is 1. The average molecular weight is 431 g/mol. The summed E-state index contributed by atoms with van der Waals surface area (Å²) in [7, 11) is -3.63. The van der Waals surface area contributed by atoms with Gasteiger partial charge >= 0.3 is 0 Å². The van der Waals surface area contributed by atoms with Gasteiger partial charge < -0.3 is 14.8 Å². The number of fused-ring (bicyclic) bond motifs is 1. The van der Waals surface area contributed by atoms with Gasteiger partial charge in [0, 0.05) is 30.3 Å². The molecule has 1 unspecified atom stereocenters. The highest BCUT2D eigenvalue weighted by atomic mass is 32.2. The van der Waals surface area contributed by atoms with Crippen molar-refractivity contribution in [2.24, 2.45) is 0 Å². The van der Waals surface area contributed by atoms with Crippen LogP contribution in [0.25, 0.3) is 0 Å². The molecule has 1 fully saturated rings. The van der Waals surface area contributed by atoms with Crippen molar-refractivity contribution in [1.29, 1.82) is 0 Å². The van der Waals surface area contributed by atoms with Gasteiger partial charge in [-0.1, -0.05) is 24.6 Å². The van der Waals surface area contributed by atoms with Crippen LogP contribution < -0.4 is 14.8 Å². The number of benzene rings is 2. The maximum Gasteiger partial charge on any atom is 0.251 e. The van der Waals surface area contributed by atoms with Gasteiger partial charge in [0.1, 0.15) is 13.2 Å². The number of hydrogen-bond acceptors (Lipinski definition) is 5. The fraction of sp³-hybridized carbons (Fsp3) is 0.409. The van der Waals surface area contributed by atoms with Crippen molar-refractivity contribution in [3.8, 4) is 11.5 Å². The SMILES string of the molecule is CC1CCCCN1S(=O)(=O)c1cccc(C(=O)NCc2cccc3c2OCCO3)c1. The van der Waals surface area contributed by atoms with Crippen LogP contribution in [-0.4, -0.2) is 44.4 Å². The van der Waals surface area contributed by atoms with Gasteiger partial charge in [0.2, 0.25) is 10.0 Å². The zero-order valence-corrected chi connectivity index (χ0v) is 17.8. The van der Waals surface area contributed by atoms with Gasteiger partial charge in [-0.05, 0) is 44.0 Å². The molecule has 0 aliphatic carbocycles. The van der Waals surface area contributed by atoms with Crippen molar-refractivity contribution < 1.29 is 22.7 Å². The molecular formula is C22H26N2O5S. The van der Waals surface area contributed by atoms with Crippen LogP contribution in [0.4, 0.5) is 0 Å². The lowest BCUT2D eigenvalue weighted by Crippen LogP contribution is -2.42. The lowest BCUT2D eigenvalue weighted by Gasteiger charge is -2.32. The van der Waals surface area contributed by atoms with E-state index in [1.54, 1.807) is 22.5 Å². The Morgan fingerprint density at radius 1 is 1.13 bits per heavy atom. The zero-order valence-electron chi connectivity index (χ0n) is 17.0. The molecule has 0 spiro atoms. The molecule has 0 aromatic heterocycles. The number of carbonyl (C=O) groups is 1. The third kappa shape index (κ3) is 4.15. The molecule has 30 heavy (non-hydrogen) atoms. The second kappa shape index (κ2) is 8.65. The van der Waals surface area contributed by atoms with Gasteiger partial charge in [-0.2, -0.15) is 4.31 Å². The van der Waals surface area contributed by atoms with Crippen molar-refractivity contribution in [2.75, 3.05) is 19.8 Å². The second-order valence-corrected chi connectivity index (χ2v) is 9.50. The van der Waals surface area contributed by atoms with Gasteiger partial charge in [0.25, 0.3) is 5.91 Å². The summed E-state index contributed by atoms with van der Waals surface area (Å²) in [6.45, 7) is 3.67. The van der Waals surface area contributed by atoms with Crippen LogP contribution in [0.1, 0.15) is 42.1 Å². The molecule has 7 nitrogen and oxygen atoms in total. The largest absolute Gasteiger partial charge is 0.486 e. The van der Waals surface area contributed by atoms with Crippen molar-refractivity contribution in [3.63, 3.8) is 0 Å². The second-order valence-electron chi connectivity index (χ2n) is 7.61. The molecule has 2 aliphatic heterocycles. The number of piperidine rings is 1. The number of nitrogens with zero attached hydrogens (tertiary/aromatic N) is 1. The van der Waals surface area contributed by atoms with Crippen LogP contribution >= 0.6 is 0 Å². The number of rotatable bonds is 5. The highest BCUT2D eigenvalue weighted by Gasteiger charge is 2.31. The minimum atomic E-state index is -3.63. The third-order valence-electron chi connectivity index (χ3n) is 5.53. The first-order chi connectivity index (χ1) is 14.5. The highest BCUT2D eigenvalue weighted by molar-refractivity contribution is 7.89. The molecule has 2 aromatic rings. The Bertz CT molecular complexity index is 1040. The lowest BCUT2D eigenvalue weighted by atomic mass is 10.1. The molecule has 0 saturated carbocycles. The van der Waals surface area contributed by atoms with Crippen molar-refractivity contribution in [1.82, 2.24) is 9.62 Å². The molecule has 1 saturated heterocycles. The smallest absolute Gasteiger partial charge is 0.251 e. The molecule has 2 heterocycles. The van der Waals surface area contributed by atoms with E-state index >= 15 is 0 Å². The van der Waals surface area contributed by atoms with E-state index in [1.807, 2.05) is 25.1 Å².